The van der Waals surface area contributed by atoms with E-state index in [0.717, 1.165) is 10.0 Å². The number of sulfonamides is 1. The Morgan fingerprint density at radius 2 is 2.00 bits per heavy atom. The van der Waals surface area contributed by atoms with Crippen LogP contribution in [0.1, 0.15) is 18.4 Å². The van der Waals surface area contributed by atoms with Crippen LogP contribution >= 0.6 is 15.9 Å². The van der Waals surface area contributed by atoms with Crippen LogP contribution in [-0.4, -0.2) is 37.0 Å². The molecule has 1 heterocycles. The molecular formula is C13H16BrNO3S. The number of hydrogen-bond donors (Lipinski definition) is 1. The monoisotopic (exact) mass is 345 g/mol. The summed E-state index contributed by atoms with van der Waals surface area (Å²) in [5.41, 5.74) is 0.829. The first-order chi connectivity index (χ1) is 8.97. The lowest BCUT2D eigenvalue weighted by Gasteiger charge is -2.27. The van der Waals surface area contributed by atoms with E-state index < -0.39 is 10.0 Å². The van der Waals surface area contributed by atoms with E-state index in [9.17, 15) is 13.5 Å². The molecule has 104 valence electrons. The fourth-order valence-electron chi connectivity index (χ4n) is 1.96. The van der Waals surface area contributed by atoms with Gasteiger partial charge in [0.1, 0.15) is 0 Å². The first-order valence-corrected chi connectivity index (χ1v) is 8.39. The number of piperidine rings is 1. The minimum absolute atomic E-state index is 0.375. The number of aliphatic hydroxyl groups is 1. The molecule has 0 bridgehead atoms. The van der Waals surface area contributed by atoms with Crippen LogP contribution < -0.4 is 0 Å². The van der Waals surface area contributed by atoms with Gasteiger partial charge in [-0.25, -0.2) is 8.42 Å². The summed E-state index contributed by atoms with van der Waals surface area (Å²) < 4.78 is 26.5. The van der Waals surface area contributed by atoms with Crippen molar-refractivity contribution in [3.05, 3.63) is 39.7 Å². The molecule has 1 aromatic rings. The molecule has 0 unspecified atom stereocenters. The molecule has 0 atom stereocenters. The van der Waals surface area contributed by atoms with Crippen molar-refractivity contribution in [3.8, 4) is 0 Å². The van der Waals surface area contributed by atoms with E-state index in [-0.39, 0.29) is 6.10 Å². The maximum absolute atomic E-state index is 12.1. The largest absolute Gasteiger partial charge is 0.393 e. The maximum atomic E-state index is 12.1. The second-order valence-electron chi connectivity index (χ2n) is 4.53. The summed E-state index contributed by atoms with van der Waals surface area (Å²) >= 11 is 3.34. The molecule has 1 aliphatic rings. The molecule has 0 saturated carbocycles. The molecule has 0 spiro atoms. The molecule has 1 fully saturated rings. The zero-order valence-electron chi connectivity index (χ0n) is 10.4. The van der Waals surface area contributed by atoms with Gasteiger partial charge in [-0.05, 0) is 36.6 Å². The summed E-state index contributed by atoms with van der Waals surface area (Å²) in [6.07, 6.45) is 2.22. The normalized spacial score (nSPS) is 19.1. The van der Waals surface area contributed by atoms with E-state index in [1.54, 1.807) is 6.08 Å². The van der Waals surface area contributed by atoms with E-state index in [2.05, 4.69) is 15.9 Å². The van der Waals surface area contributed by atoms with Crippen molar-refractivity contribution in [1.82, 2.24) is 4.31 Å². The van der Waals surface area contributed by atoms with Crippen molar-refractivity contribution in [2.75, 3.05) is 13.1 Å². The maximum Gasteiger partial charge on any atom is 0.236 e. The highest BCUT2D eigenvalue weighted by Crippen LogP contribution is 2.17. The van der Waals surface area contributed by atoms with E-state index >= 15 is 0 Å². The van der Waals surface area contributed by atoms with Crippen molar-refractivity contribution < 1.29 is 13.5 Å². The Bertz CT molecular complexity index is 563. The van der Waals surface area contributed by atoms with Gasteiger partial charge in [0.15, 0.2) is 0 Å². The second-order valence-corrected chi connectivity index (χ2v) is 7.27. The average molecular weight is 346 g/mol. The number of nitrogens with zero attached hydrogens (tertiary/aromatic N) is 1. The molecule has 0 amide bonds. The number of benzene rings is 1. The minimum atomic E-state index is -3.39. The topological polar surface area (TPSA) is 57.6 Å². The highest BCUT2D eigenvalue weighted by atomic mass is 79.9. The number of rotatable bonds is 3. The second kappa shape index (κ2) is 6.17. The summed E-state index contributed by atoms with van der Waals surface area (Å²) in [5.74, 6) is 0. The van der Waals surface area contributed by atoms with Crippen LogP contribution in [0.4, 0.5) is 0 Å². The summed E-state index contributed by atoms with van der Waals surface area (Å²) in [7, 11) is -3.39. The lowest BCUT2D eigenvalue weighted by molar-refractivity contribution is 0.113. The van der Waals surface area contributed by atoms with Crippen molar-refractivity contribution in [2.24, 2.45) is 0 Å². The molecule has 1 saturated heterocycles. The quantitative estimate of drug-likeness (QED) is 0.913. The molecule has 0 aromatic heterocycles. The third-order valence-corrected chi connectivity index (χ3v) is 5.12. The fourth-order valence-corrected chi connectivity index (χ4v) is 3.60. The van der Waals surface area contributed by atoms with Gasteiger partial charge in [0.2, 0.25) is 10.0 Å². The van der Waals surface area contributed by atoms with Crippen molar-refractivity contribution >= 4 is 32.0 Å². The van der Waals surface area contributed by atoms with Gasteiger partial charge >= 0.3 is 0 Å². The van der Waals surface area contributed by atoms with Gasteiger partial charge in [-0.1, -0.05) is 28.1 Å². The zero-order valence-corrected chi connectivity index (χ0v) is 12.8. The highest BCUT2D eigenvalue weighted by Gasteiger charge is 2.24. The van der Waals surface area contributed by atoms with E-state index in [1.807, 2.05) is 24.3 Å². The standard InChI is InChI=1S/C13H16BrNO3S/c14-12-3-1-2-11(10-12)6-9-19(17,18)15-7-4-13(16)5-8-15/h1-3,6,9-10,13,16H,4-5,7-8H2/b9-6+. The predicted octanol–water partition coefficient (Wildman–Crippen LogP) is 2.21. The third kappa shape index (κ3) is 4.14. The molecule has 19 heavy (non-hydrogen) atoms. The highest BCUT2D eigenvalue weighted by molar-refractivity contribution is 9.10. The minimum Gasteiger partial charge on any atom is -0.393 e. The van der Waals surface area contributed by atoms with Crippen LogP contribution in [0.25, 0.3) is 6.08 Å². The summed E-state index contributed by atoms with van der Waals surface area (Å²) in [4.78, 5) is 0. The van der Waals surface area contributed by atoms with E-state index in [1.165, 1.54) is 9.71 Å². The van der Waals surface area contributed by atoms with Crippen LogP contribution in [0.3, 0.4) is 0 Å². The number of hydrogen-bond acceptors (Lipinski definition) is 3. The summed E-state index contributed by atoms with van der Waals surface area (Å²) in [5, 5.41) is 10.6. The Morgan fingerprint density at radius 3 is 2.63 bits per heavy atom. The van der Waals surface area contributed by atoms with E-state index in [4.69, 9.17) is 0 Å². The van der Waals surface area contributed by atoms with Gasteiger partial charge in [0, 0.05) is 23.0 Å². The van der Waals surface area contributed by atoms with Gasteiger partial charge in [-0.3, -0.25) is 0 Å². The van der Waals surface area contributed by atoms with Crippen LogP contribution in [-0.2, 0) is 10.0 Å². The van der Waals surface area contributed by atoms with E-state index in [0.29, 0.717) is 25.9 Å². The Kier molecular flexibility index (Phi) is 4.78. The van der Waals surface area contributed by atoms with Crippen LogP contribution in [0.15, 0.2) is 34.1 Å². The molecule has 1 aromatic carbocycles. The first-order valence-electron chi connectivity index (χ1n) is 6.09. The number of halogens is 1. The van der Waals surface area contributed by atoms with Gasteiger partial charge in [0.25, 0.3) is 0 Å². The molecule has 6 heteroatoms. The molecule has 4 nitrogen and oxygen atoms in total. The fraction of sp³-hybridized carbons (Fsp3) is 0.385. The van der Waals surface area contributed by atoms with Gasteiger partial charge in [-0.2, -0.15) is 4.31 Å². The van der Waals surface area contributed by atoms with Crippen LogP contribution in [0.5, 0.6) is 0 Å². The third-order valence-electron chi connectivity index (χ3n) is 3.06. The Morgan fingerprint density at radius 1 is 1.32 bits per heavy atom. The van der Waals surface area contributed by atoms with Gasteiger partial charge < -0.3 is 5.11 Å². The summed E-state index contributed by atoms with van der Waals surface area (Å²) in [6.45, 7) is 0.763. The van der Waals surface area contributed by atoms with Crippen LogP contribution in [0, 0.1) is 0 Å². The first kappa shape index (κ1) is 14.7. The Balaban J connectivity index is 2.08. The lowest BCUT2D eigenvalue weighted by atomic mass is 10.1. The van der Waals surface area contributed by atoms with Crippen LogP contribution in [0.2, 0.25) is 0 Å². The Labute approximate surface area is 121 Å². The number of aliphatic hydroxyl groups excluding tert-OH is 1. The molecule has 1 N–H and O–H groups in total. The SMILES string of the molecule is O=S(=O)(/C=C/c1cccc(Br)c1)N1CCC(O)CC1. The predicted molar refractivity (Wildman–Crippen MR) is 78.9 cm³/mol. The zero-order chi connectivity index (χ0) is 13.9. The lowest BCUT2D eigenvalue weighted by Crippen LogP contribution is -2.38. The molecule has 0 aliphatic carbocycles. The van der Waals surface area contributed by atoms with Crippen molar-refractivity contribution in [3.63, 3.8) is 0 Å². The molecular weight excluding hydrogens is 330 g/mol. The van der Waals surface area contributed by atoms with Gasteiger partial charge in [0.05, 0.1) is 6.10 Å². The van der Waals surface area contributed by atoms with Crippen molar-refractivity contribution in [2.45, 2.75) is 18.9 Å². The molecule has 0 radical (unpaired) electrons. The van der Waals surface area contributed by atoms with Gasteiger partial charge in [-0.15, -0.1) is 0 Å². The van der Waals surface area contributed by atoms with Crippen molar-refractivity contribution in [1.29, 1.82) is 0 Å². The molecule has 1 aliphatic heterocycles. The average Bonchev–Trinajstić information content (AvgIpc) is 2.37. The summed E-state index contributed by atoms with van der Waals surface area (Å²) in [6, 6.07) is 7.44. The Hall–Kier alpha value is -0.690. The molecule has 2 rings (SSSR count). The smallest absolute Gasteiger partial charge is 0.236 e.